The van der Waals surface area contributed by atoms with Crippen LogP contribution in [0.25, 0.3) is 0 Å². The molecule has 0 aliphatic carbocycles. The van der Waals surface area contributed by atoms with Crippen molar-refractivity contribution in [2.24, 2.45) is 0 Å². The van der Waals surface area contributed by atoms with E-state index in [1.54, 1.807) is 0 Å². The van der Waals surface area contributed by atoms with Crippen LogP contribution in [-0.2, 0) is 0 Å². The highest BCUT2D eigenvalue weighted by Crippen LogP contribution is 2.12. The lowest BCUT2D eigenvalue weighted by atomic mass is 10.0. The van der Waals surface area contributed by atoms with Gasteiger partial charge in [-0.2, -0.15) is 0 Å². The summed E-state index contributed by atoms with van der Waals surface area (Å²) in [6, 6.07) is 0.448. The van der Waals surface area contributed by atoms with Crippen LogP contribution in [0, 0.1) is 0 Å². The summed E-state index contributed by atoms with van der Waals surface area (Å²) in [6.07, 6.45) is 19.9. The molecule has 146 valence electrons. The summed E-state index contributed by atoms with van der Waals surface area (Å²) < 4.78 is 0. The number of rotatable bonds is 20. The largest absolute Gasteiger partial charge is 0.395 e. The molecule has 0 aromatic carbocycles. The van der Waals surface area contributed by atoms with Crippen molar-refractivity contribution in [1.82, 2.24) is 10.6 Å². The SMILES string of the molecule is CCCCCCCCCCCCCCCCNCC(C)NCCO. The van der Waals surface area contributed by atoms with Crippen molar-refractivity contribution in [1.29, 1.82) is 0 Å². The van der Waals surface area contributed by atoms with Gasteiger partial charge in [-0.25, -0.2) is 0 Å². The molecule has 0 radical (unpaired) electrons. The molecule has 0 saturated heterocycles. The molecule has 24 heavy (non-hydrogen) atoms. The van der Waals surface area contributed by atoms with Crippen LogP contribution in [0.3, 0.4) is 0 Å². The molecule has 3 N–H and O–H groups in total. The Balaban J connectivity index is 3.02. The Morgan fingerprint density at radius 3 is 1.58 bits per heavy atom. The first-order valence-corrected chi connectivity index (χ1v) is 10.9. The minimum absolute atomic E-state index is 0.225. The van der Waals surface area contributed by atoms with E-state index in [2.05, 4.69) is 24.5 Å². The van der Waals surface area contributed by atoms with Crippen LogP contribution in [0.15, 0.2) is 0 Å². The summed E-state index contributed by atoms with van der Waals surface area (Å²) in [5, 5.41) is 15.5. The van der Waals surface area contributed by atoms with Gasteiger partial charge in [0.25, 0.3) is 0 Å². The zero-order chi connectivity index (χ0) is 17.7. The van der Waals surface area contributed by atoms with E-state index in [1.807, 2.05) is 0 Å². The second-order valence-corrected chi connectivity index (χ2v) is 7.38. The van der Waals surface area contributed by atoms with E-state index >= 15 is 0 Å². The highest BCUT2D eigenvalue weighted by molar-refractivity contribution is 4.63. The molecular formula is C21H46N2O. The van der Waals surface area contributed by atoms with Gasteiger partial charge in [0.15, 0.2) is 0 Å². The van der Waals surface area contributed by atoms with Gasteiger partial charge in [0, 0.05) is 19.1 Å². The van der Waals surface area contributed by atoms with Gasteiger partial charge in [-0.05, 0) is 19.9 Å². The quantitative estimate of drug-likeness (QED) is 0.272. The predicted molar refractivity (Wildman–Crippen MR) is 108 cm³/mol. The standard InChI is InChI=1S/C21H46N2O/c1-3-4-5-6-7-8-9-10-11-12-13-14-15-16-17-22-20-21(2)23-18-19-24/h21-24H,3-20H2,1-2H3. The molecule has 0 spiro atoms. The minimum atomic E-state index is 0.225. The van der Waals surface area contributed by atoms with E-state index in [4.69, 9.17) is 5.11 Å². The molecule has 3 nitrogen and oxygen atoms in total. The minimum Gasteiger partial charge on any atom is -0.395 e. The molecule has 0 amide bonds. The van der Waals surface area contributed by atoms with Crippen LogP contribution in [-0.4, -0.2) is 37.4 Å². The van der Waals surface area contributed by atoms with Crippen LogP contribution in [0.1, 0.15) is 104 Å². The van der Waals surface area contributed by atoms with E-state index in [9.17, 15) is 0 Å². The molecule has 0 aliphatic rings. The van der Waals surface area contributed by atoms with Crippen molar-refractivity contribution in [2.75, 3.05) is 26.2 Å². The van der Waals surface area contributed by atoms with Crippen molar-refractivity contribution in [2.45, 2.75) is 110 Å². The lowest BCUT2D eigenvalue weighted by Crippen LogP contribution is -2.38. The van der Waals surface area contributed by atoms with E-state index in [0.717, 1.165) is 13.1 Å². The third-order valence-electron chi connectivity index (χ3n) is 4.76. The average Bonchev–Trinajstić information content (AvgIpc) is 2.59. The number of aliphatic hydroxyl groups excluding tert-OH is 1. The molecule has 0 aliphatic heterocycles. The summed E-state index contributed by atoms with van der Waals surface area (Å²) >= 11 is 0. The predicted octanol–water partition coefficient (Wildman–Crippen LogP) is 5.03. The first-order valence-electron chi connectivity index (χ1n) is 10.9. The van der Waals surface area contributed by atoms with Crippen LogP contribution >= 0.6 is 0 Å². The maximum Gasteiger partial charge on any atom is 0.0556 e. The van der Waals surface area contributed by atoms with E-state index in [-0.39, 0.29) is 6.61 Å². The fourth-order valence-corrected chi connectivity index (χ4v) is 3.15. The Hall–Kier alpha value is -0.120. The molecule has 3 heteroatoms. The molecule has 0 heterocycles. The monoisotopic (exact) mass is 342 g/mol. The zero-order valence-electron chi connectivity index (χ0n) is 16.8. The van der Waals surface area contributed by atoms with Gasteiger partial charge in [-0.3, -0.25) is 0 Å². The second-order valence-electron chi connectivity index (χ2n) is 7.38. The number of nitrogens with one attached hydrogen (secondary N) is 2. The van der Waals surface area contributed by atoms with Crippen LogP contribution in [0.4, 0.5) is 0 Å². The Kier molecular flexibility index (Phi) is 20.8. The van der Waals surface area contributed by atoms with Crippen molar-refractivity contribution in [3.8, 4) is 0 Å². The number of hydrogen-bond donors (Lipinski definition) is 3. The zero-order valence-corrected chi connectivity index (χ0v) is 16.8. The topological polar surface area (TPSA) is 44.3 Å². The summed E-state index contributed by atoms with van der Waals surface area (Å²) in [5.41, 5.74) is 0. The molecule has 0 rings (SSSR count). The van der Waals surface area contributed by atoms with Crippen LogP contribution in [0.2, 0.25) is 0 Å². The normalized spacial score (nSPS) is 12.6. The number of aliphatic hydroxyl groups is 1. The first kappa shape index (κ1) is 23.9. The summed E-state index contributed by atoms with van der Waals surface area (Å²) in [4.78, 5) is 0. The molecule has 1 unspecified atom stereocenters. The fraction of sp³-hybridized carbons (Fsp3) is 1.00. The van der Waals surface area contributed by atoms with Crippen molar-refractivity contribution in [3.05, 3.63) is 0 Å². The van der Waals surface area contributed by atoms with Gasteiger partial charge in [0.1, 0.15) is 0 Å². The van der Waals surface area contributed by atoms with Crippen molar-refractivity contribution in [3.63, 3.8) is 0 Å². The lowest BCUT2D eigenvalue weighted by molar-refractivity contribution is 0.285. The van der Waals surface area contributed by atoms with Gasteiger partial charge >= 0.3 is 0 Å². The first-order chi connectivity index (χ1) is 11.8. The lowest BCUT2D eigenvalue weighted by Gasteiger charge is -2.13. The maximum absolute atomic E-state index is 8.74. The fourth-order valence-electron chi connectivity index (χ4n) is 3.15. The van der Waals surface area contributed by atoms with Gasteiger partial charge in [-0.1, -0.05) is 90.4 Å². The molecule has 0 aromatic heterocycles. The summed E-state index contributed by atoms with van der Waals surface area (Å²) in [5.74, 6) is 0. The van der Waals surface area contributed by atoms with Crippen molar-refractivity contribution >= 4 is 0 Å². The molecule has 0 saturated carbocycles. The van der Waals surface area contributed by atoms with Crippen LogP contribution in [0.5, 0.6) is 0 Å². The highest BCUT2D eigenvalue weighted by Gasteiger charge is 1.99. The Labute approximate surface area is 152 Å². The van der Waals surface area contributed by atoms with E-state index in [0.29, 0.717) is 12.6 Å². The second kappa shape index (κ2) is 20.9. The highest BCUT2D eigenvalue weighted by atomic mass is 16.3. The van der Waals surface area contributed by atoms with Crippen molar-refractivity contribution < 1.29 is 5.11 Å². The number of hydrogen-bond acceptors (Lipinski definition) is 3. The molecule has 0 aromatic rings. The maximum atomic E-state index is 8.74. The Morgan fingerprint density at radius 2 is 1.12 bits per heavy atom. The molecular weight excluding hydrogens is 296 g/mol. The number of unbranched alkanes of at least 4 members (excludes halogenated alkanes) is 13. The Morgan fingerprint density at radius 1 is 0.667 bits per heavy atom. The van der Waals surface area contributed by atoms with E-state index in [1.165, 1.54) is 89.9 Å². The van der Waals surface area contributed by atoms with Gasteiger partial charge in [0.2, 0.25) is 0 Å². The smallest absolute Gasteiger partial charge is 0.0556 e. The van der Waals surface area contributed by atoms with Crippen LogP contribution < -0.4 is 10.6 Å². The molecule has 1 atom stereocenters. The van der Waals surface area contributed by atoms with E-state index < -0.39 is 0 Å². The summed E-state index contributed by atoms with van der Waals surface area (Å²) in [7, 11) is 0. The Bertz CT molecular complexity index is 224. The van der Waals surface area contributed by atoms with Gasteiger partial charge < -0.3 is 15.7 Å². The van der Waals surface area contributed by atoms with Gasteiger partial charge in [-0.15, -0.1) is 0 Å². The molecule has 0 bridgehead atoms. The summed E-state index contributed by atoms with van der Waals surface area (Å²) in [6.45, 7) is 7.50. The third-order valence-corrected chi connectivity index (χ3v) is 4.76. The molecule has 0 fully saturated rings. The third kappa shape index (κ3) is 19.9. The van der Waals surface area contributed by atoms with Gasteiger partial charge in [0.05, 0.1) is 6.61 Å². The average molecular weight is 343 g/mol.